The van der Waals surface area contributed by atoms with Crippen LogP contribution in [0, 0.1) is 11.7 Å². The summed E-state index contributed by atoms with van der Waals surface area (Å²) in [6, 6.07) is 12.3. The predicted octanol–water partition coefficient (Wildman–Crippen LogP) is 5.05. The van der Waals surface area contributed by atoms with Crippen molar-refractivity contribution in [2.45, 2.75) is 18.9 Å². The molecular weight excluding hydrogens is 289 g/mol. The maximum atomic E-state index is 13.1. The molecule has 4 heteroatoms. The van der Waals surface area contributed by atoms with Crippen LogP contribution in [-0.4, -0.2) is 7.11 Å². The fraction of sp³-hybridized carbons (Fsp3) is 0.294. The topological polar surface area (TPSA) is 21.3 Å². The lowest BCUT2D eigenvalue weighted by molar-refractivity contribution is 0.415. The highest BCUT2D eigenvalue weighted by molar-refractivity contribution is 6.30. The summed E-state index contributed by atoms with van der Waals surface area (Å²) in [5, 5.41) is 4.16. The average molecular weight is 306 g/mol. The van der Waals surface area contributed by atoms with Crippen LogP contribution in [0.1, 0.15) is 24.4 Å². The van der Waals surface area contributed by atoms with Crippen molar-refractivity contribution in [1.29, 1.82) is 0 Å². The molecule has 0 bridgehead atoms. The van der Waals surface area contributed by atoms with Gasteiger partial charge in [-0.2, -0.15) is 0 Å². The molecule has 0 aliphatic heterocycles. The zero-order valence-electron chi connectivity index (χ0n) is 11.8. The second kappa shape index (κ2) is 5.94. The molecule has 0 radical (unpaired) electrons. The third kappa shape index (κ3) is 3.30. The number of methoxy groups -OCH3 is 1. The van der Waals surface area contributed by atoms with E-state index in [4.69, 9.17) is 16.3 Å². The number of benzene rings is 2. The number of rotatable bonds is 5. The Hall–Kier alpha value is -1.74. The Balaban J connectivity index is 1.89. The highest BCUT2D eigenvalue weighted by atomic mass is 35.5. The van der Waals surface area contributed by atoms with E-state index in [1.54, 1.807) is 13.2 Å². The Morgan fingerprint density at radius 2 is 1.90 bits per heavy atom. The first kappa shape index (κ1) is 14.2. The Morgan fingerprint density at radius 1 is 1.19 bits per heavy atom. The molecule has 1 fully saturated rings. The van der Waals surface area contributed by atoms with Gasteiger partial charge < -0.3 is 10.1 Å². The number of halogens is 2. The summed E-state index contributed by atoms with van der Waals surface area (Å²) in [6.07, 6.45) is 2.36. The van der Waals surface area contributed by atoms with E-state index in [-0.39, 0.29) is 11.9 Å². The van der Waals surface area contributed by atoms with Gasteiger partial charge in [-0.05, 0) is 54.7 Å². The molecule has 0 spiro atoms. The molecule has 1 saturated carbocycles. The zero-order chi connectivity index (χ0) is 14.8. The molecule has 1 aliphatic carbocycles. The smallest absolute Gasteiger partial charge is 0.142 e. The van der Waals surface area contributed by atoms with Crippen molar-refractivity contribution in [3.63, 3.8) is 0 Å². The first-order valence-corrected chi connectivity index (χ1v) is 7.40. The van der Waals surface area contributed by atoms with E-state index in [9.17, 15) is 4.39 Å². The van der Waals surface area contributed by atoms with Gasteiger partial charge in [-0.25, -0.2) is 4.39 Å². The number of hydrogen-bond acceptors (Lipinski definition) is 2. The lowest BCUT2D eigenvalue weighted by Gasteiger charge is -2.22. The molecule has 0 heterocycles. The van der Waals surface area contributed by atoms with Crippen LogP contribution >= 0.6 is 11.6 Å². The first-order valence-electron chi connectivity index (χ1n) is 7.03. The summed E-state index contributed by atoms with van der Waals surface area (Å²) in [6.45, 7) is 0. The van der Waals surface area contributed by atoms with Gasteiger partial charge in [0.15, 0.2) is 0 Å². The van der Waals surface area contributed by atoms with Gasteiger partial charge >= 0.3 is 0 Å². The van der Waals surface area contributed by atoms with Crippen LogP contribution in [-0.2, 0) is 0 Å². The fourth-order valence-corrected chi connectivity index (χ4v) is 2.71. The lowest BCUT2D eigenvalue weighted by atomic mass is 10.0. The third-order valence-corrected chi connectivity index (χ3v) is 4.03. The van der Waals surface area contributed by atoms with E-state index in [0.29, 0.717) is 10.9 Å². The van der Waals surface area contributed by atoms with Crippen LogP contribution in [0.3, 0.4) is 0 Å². The third-order valence-electron chi connectivity index (χ3n) is 3.80. The van der Waals surface area contributed by atoms with E-state index in [2.05, 4.69) is 5.32 Å². The Bertz CT molecular complexity index is 625. The molecule has 1 unspecified atom stereocenters. The average Bonchev–Trinajstić information content (AvgIpc) is 3.31. The second-order valence-electron chi connectivity index (χ2n) is 5.36. The minimum absolute atomic E-state index is 0.151. The Morgan fingerprint density at radius 3 is 2.52 bits per heavy atom. The van der Waals surface area contributed by atoms with Crippen LogP contribution in [0.25, 0.3) is 0 Å². The van der Waals surface area contributed by atoms with E-state index in [1.807, 2.05) is 24.3 Å². The fourth-order valence-electron chi connectivity index (χ4n) is 2.53. The molecular formula is C17H17ClFNO. The molecule has 1 N–H and O–H groups in total. The molecule has 0 saturated heterocycles. The molecule has 110 valence electrons. The lowest BCUT2D eigenvalue weighted by Crippen LogP contribution is -2.13. The van der Waals surface area contributed by atoms with Crippen LogP contribution in [0.5, 0.6) is 5.75 Å². The highest BCUT2D eigenvalue weighted by Gasteiger charge is 2.32. The monoisotopic (exact) mass is 305 g/mol. The largest absolute Gasteiger partial charge is 0.495 e. The summed E-state index contributed by atoms with van der Waals surface area (Å²) in [7, 11) is 1.64. The van der Waals surface area contributed by atoms with E-state index >= 15 is 0 Å². The Labute approximate surface area is 128 Å². The minimum Gasteiger partial charge on any atom is -0.495 e. The van der Waals surface area contributed by atoms with E-state index in [0.717, 1.165) is 17.0 Å². The van der Waals surface area contributed by atoms with Crippen molar-refractivity contribution in [3.05, 3.63) is 58.9 Å². The number of ether oxygens (including phenoxy) is 1. The maximum Gasteiger partial charge on any atom is 0.142 e. The summed E-state index contributed by atoms with van der Waals surface area (Å²) in [5.74, 6) is 1.11. The molecule has 0 amide bonds. The summed E-state index contributed by atoms with van der Waals surface area (Å²) < 4.78 is 18.5. The summed E-state index contributed by atoms with van der Waals surface area (Å²) in [4.78, 5) is 0. The first-order chi connectivity index (χ1) is 10.2. The van der Waals surface area contributed by atoms with Gasteiger partial charge in [-0.15, -0.1) is 0 Å². The van der Waals surface area contributed by atoms with Crippen LogP contribution in [0.15, 0.2) is 42.5 Å². The maximum absolute atomic E-state index is 13.1. The summed E-state index contributed by atoms with van der Waals surface area (Å²) >= 11 is 6.07. The van der Waals surface area contributed by atoms with Crippen molar-refractivity contribution in [3.8, 4) is 5.75 Å². The van der Waals surface area contributed by atoms with Crippen LogP contribution < -0.4 is 10.1 Å². The summed E-state index contributed by atoms with van der Waals surface area (Å²) in [5.41, 5.74) is 1.95. The molecule has 1 aliphatic rings. The van der Waals surface area contributed by atoms with Gasteiger partial charge in [0.2, 0.25) is 0 Å². The minimum atomic E-state index is -0.214. The van der Waals surface area contributed by atoms with Crippen molar-refractivity contribution in [1.82, 2.24) is 0 Å². The Kier molecular flexibility index (Phi) is 4.02. The van der Waals surface area contributed by atoms with Crippen molar-refractivity contribution >= 4 is 17.3 Å². The van der Waals surface area contributed by atoms with Crippen molar-refractivity contribution in [2.75, 3.05) is 12.4 Å². The van der Waals surface area contributed by atoms with Gasteiger partial charge in [0, 0.05) is 5.02 Å². The van der Waals surface area contributed by atoms with Gasteiger partial charge in [-0.3, -0.25) is 0 Å². The number of anilines is 1. The quantitative estimate of drug-likeness (QED) is 0.834. The molecule has 1 atom stereocenters. The van der Waals surface area contributed by atoms with Crippen LogP contribution in [0.2, 0.25) is 5.02 Å². The van der Waals surface area contributed by atoms with E-state index in [1.165, 1.54) is 25.0 Å². The normalized spacial score (nSPS) is 15.6. The molecule has 3 rings (SSSR count). The van der Waals surface area contributed by atoms with E-state index < -0.39 is 0 Å². The van der Waals surface area contributed by atoms with Crippen molar-refractivity contribution < 1.29 is 9.13 Å². The molecule has 2 aromatic carbocycles. The van der Waals surface area contributed by atoms with Gasteiger partial charge in [0.1, 0.15) is 11.6 Å². The molecule has 2 aromatic rings. The SMILES string of the molecule is COc1ccc(Cl)cc1NC(c1ccc(F)cc1)C1CC1. The highest BCUT2D eigenvalue weighted by Crippen LogP contribution is 2.44. The second-order valence-corrected chi connectivity index (χ2v) is 5.79. The van der Waals surface area contributed by atoms with Gasteiger partial charge in [-0.1, -0.05) is 23.7 Å². The number of hydrogen-bond donors (Lipinski definition) is 1. The van der Waals surface area contributed by atoms with Crippen LogP contribution in [0.4, 0.5) is 10.1 Å². The molecule has 21 heavy (non-hydrogen) atoms. The van der Waals surface area contributed by atoms with Gasteiger partial charge in [0.25, 0.3) is 0 Å². The standard InChI is InChI=1S/C17H17ClFNO/c1-21-16-9-6-13(18)10-15(16)20-17(11-2-3-11)12-4-7-14(19)8-5-12/h4-11,17,20H,2-3H2,1H3. The van der Waals surface area contributed by atoms with Gasteiger partial charge in [0.05, 0.1) is 18.8 Å². The van der Waals surface area contributed by atoms with Crippen molar-refractivity contribution in [2.24, 2.45) is 5.92 Å². The number of nitrogens with one attached hydrogen (secondary N) is 1. The molecule has 0 aromatic heterocycles. The predicted molar refractivity (Wildman–Crippen MR) is 83.5 cm³/mol. The zero-order valence-corrected chi connectivity index (χ0v) is 12.5. The molecule has 2 nitrogen and oxygen atoms in total.